The highest BCUT2D eigenvalue weighted by atomic mass is 35.5. The van der Waals surface area contributed by atoms with Crippen molar-refractivity contribution in [3.8, 4) is 5.75 Å². The lowest BCUT2D eigenvalue weighted by Crippen LogP contribution is -2.28. The average Bonchev–Trinajstić information content (AvgIpc) is 3.22. The Morgan fingerprint density at radius 2 is 2.21 bits per heavy atom. The fourth-order valence-corrected chi connectivity index (χ4v) is 2.01. The minimum Gasteiger partial charge on any atom is -0.496 e. The van der Waals surface area contributed by atoms with E-state index in [2.05, 4.69) is 10.6 Å². The molecule has 2 rings (SSSR count). The zero-order valence-electron chi connectivity index (χ0n) is 11.0. The van der Waals surface area contributed by atoms with Crippen LogP contribution in [0.1, 0.15) is 29.6 Å². The van der Waals surface area contributed by atoms with Crippen LogP contribution in [0.2, 0.25) is 5.02 Å². The Morgan fingerprint density at radius 3 is 2.89 bits per heavy atom. The molecule has 0 heterocycles. The lowest BCUT2D eigenvalue weighted by Gasteiger charge is -2.10. The predicted molar refractivity (Wildman–Crippen MR) is 76.0 cm³/mol. The summed E-state index contributed by atoms with van der Waals surface area (Å²) in [4.78, 5) is 12.0. The van der Waals surface area contributed by atoms with E-state index in [1.54, 1.807) is 25.3 Å². The maximum atomic E-state index is 12.0. The number of halogens is 1. The predicted octanol–water partition coefficient (Wildman–Crippen LogP) is 2.22. The summed E-state index contributed by atoms with van der Waals surface area (Å²) in [6.45, 7) is 1.59. The van der Waals surface area contributed by atoms with Crippen LogP contribution in [0.3, 0.4) is 0 Å². The van der Waals surface area contributed by atoms with Gasteiger partial charge in [0.05, 0.1) is 12.7 Å². The van der Waals surface area contributed by atoms with Crippen LogP contribution in [0, 0.1) is 0 Å². The molecule has 104 valence electrons. The van der Waals surface area contributed by atoms with Crippen LogP contribution in [0.5, 0.6) is 5.75 Å². The number of rotatable bonds is 7. The van der Waals surface area contributed by atoms with E-state index in [1.165, 1.54) is 12.8 Å². The van der Waals surface area contributed by atoms with Crippen molar-refractivity contribution in [2.24, 2.45) is 0 Å². The molecule has 1 aromatic carbocycles. The molecule has 1 amide bonds. The fourth-order valence-electron chi connectivity index (χ4n) is 1.84. The van der Waals surface area contributed by atoms with Gasteiger partial charge in [-0.05, 0) is 44.0 Å². The molecule has 0 bridgehead atoms. The van der Waals surface area contributed by atoms with E-state index in [0.717, 1.165) is 13.0 Å². The van der Waals surface area contributed by atoms with Crippen molar-refractivity contribution in [3.05, 3.63) is 28.8 Å². The summed E-state index contributed by atoms with van der Waals surface area (Å²) in [6, 6.07) is 5.74. The summed E-state index contributed by atoms with van der Waals surface area (Å²) in [7, 11) is 1.54. The van der Waals surface area contributed by atoms with Gasteiger partial charge in [0.15, 0.2) is 0 Å². The van der Waals surface area contributed by atoms with E-state index in [4.69, 9.17) is 16.3 Å². The third-order valence-corrected chi connectivity index (χ3v) is 3.29. The van der Waals surface area contributed by atoms with Gasteiger partial charge in [0, 0.05) is 17.6 Å². The van der Waals surface area contributed by atoms with E-state index >= 15 is 0 Å². The van der Waals surface area contributed by atoms with E-state index in [9.17, 15) is 4.79 Å². The molecule has 0 spiro atoms. The molecular formula is C14H19ClN2O2. The first-order valence-electron chi connectivity index (χ1n) is 6.56. The SMILES string of the molecule is COc1ccc(Cl)cc1C(=O)NCCCNC1CC1. The van der Waals surface area contributed by atoms with E-state index < -0.39 is 0 Å². The minimum absolute atomic E-state index is 0.147. The number of ether oxygens (including phenoxy) is 1. The summed E-state index contributed by atoms with van der Waals surface area (Å²) >= 11 is 5.90. The molecule has 19 heavy (non-hydrogen) atoms. The highest BCUT2D eigenvalue weighted by Gasteiger charge is 2.19. The summed E-state index contributed by atoms with van der Waals surface area (Å²) in [5.74, 6) is 0.392. The Labute approximate surface area is 118 Å². The van der Waals surface area contributed by atoms with Crippen molar-refractivity contribution >= 4 is 17.5 Å². The quantitative estimate of drug-likeness (QED) is 0.754. The number of amides is 1. The first kappa shape index (κ1) is 14.2. The first-order valence-corrected chi connectivity index (χ1v) is 6.93. The van der Waals surface area contributed by atoms with Crippen molar-refractivity contribution in [2.75, 3.05) is 20.2 Å². The second-order valence-corrected chi connectivity index (χ2v) is 5.12. The number of nitrogens with one attached hydrogen (secondary N) is 2. The van der Waals surface area contributed by atoms with E-state index in [-0.39, 0.29) is 5.91 Å². The molecule has 4 nitrogen and oxygen atoms in total. The smallest absolute Gasteiger partial charge is 0.255 e. The molecule has 0 radical (unpaired) electrons. The third-order valence-electron chi connectivity index (χ3n) is 3.06. The molecule has 0 saturated heterocycles. The van der Waals surface area contributed by atoms with Gasteiger partial charge in [-0.1, -0.05) is 11.6 Å². The van der Waals surface area contributed by atoms with Gasteiger partial charge in [-0.25, -0.2) is 0 Å². The lowest BCUT2D eigenvalue weighted by atomic mass is 10.2. The van der Waals surface area contributed by atoms with Crippen molar-refractivity contribution < 1.29 is 9.53 Å². The second-order valence-electron chi connectivity index (χ2n) is 4.68. The fraction of sp³-hybridized carbons (Fsp3) is 0.500. The van der Waals surface area contributed by atoms with Crippen LogP contribution in [0.25, 0.3) is 0 Å². The number of carbonyl (C=O) groups excluding carboxylic acids is 1. The van der Waals surface area contributed by atoms with Crippen LogP contribution in [-0.4, -0.2) is 32.1 Å². The highest BCUT2D eigenvalue weighted by molar-refractivity contribution is 6.31. The topological polar surface area (TPSA) is 50.4 Å². The van der Waals surface area contributed by atoms with Crippen LogP contribution in [0.15, 0.2) is 18.2 Å². The minimum atomic E-state index is -0.147. The Balaban J connectivity index is 1.79. The van der Waals surface area contributed by atoms with Crippen molar-refractivity contribution in [1.29, 1.82) is 0 Å². The Kier molecular flexibility index (Phi) is 5.05. The number of methoxy groups -OCH3 is 1. The van der Waals surface area contributed by atoms with Gasteiger partial charge in [0.1, 0.15) is 5.75 Å². The summed E-state index contributed by atoms with van der Waals surface area (Å²) < 4.78 is 5.16. The largest absolute Gasteiger partial charge is 0.496 e. The third kappa shape index (κ3) is 4.40. The van der Waals surface area contributed by atoms with Crippen LogP contribution in [-0.2, 0) is 0 Å². The second kappa shape index (κ2) is 6.78. The molecule has 1 aliphatic carbocycles. The molecule has 2 N–H and O–H groups in total. The molecule has 5 heteroatoms. The van der Waals surface area contributed by atoms with Crippen molar-refractivity contribution in [1.82, 2.24) is 10.6 Å². The Hall–Kier alpha value is -1.26. The normalized spacial score (nSPS) is 14.2. The number of benzene rings is 1. The van der Waals surface area contributed by atoms with Gasteiger partial charge in [0.25, 0.3) is 5.91 Å². The van der Waals surface area contributed by atoms with Gasteiger partial charge in [0.2, 0.25) is 0 Å². The van der Waals surface area contributed by atoms with E-state index in [1.807, 2.05) is 0 Å². The monoisotopic (exact) mass is 282 g/mol. The molecule has 1 aromatic rings. The highest BCUT2D eigenvalue weighted by Crippen LogP contribution is 2.22. The van der Waals surface area contributed by atoms with Crippen molar-refractivity contribution in [2.45, 2.75) is 25.3 Å². The van der Waals surface area contributed by atoms with Crippen molar-refractivity contribution in [3.63, 3.8) is 0 Å². The van der Waals surface area contributed by atoms with E-state index in [0.29, 0.717) is 28.9 Å². The number of carbonyl (C=O) groups is 1. The summed E-state index contributed by atoms with van der Waals surface area (Å²) in [5.41, 5.74) is 0.477. The van der Waals surface area contributed by atoms with Gasteiger partial charge < -0.3 is 15.4 Å². The summed E-state index contributed by atoms with van der Waals surface area (Å²) in [5, 5.41) is 6.81. The van der Waals surface area contributed by atoms with Gasteiger partial charge in [-0.15, -0.1) is 0 Å². The maximum Gasteiger partial charge on any atom is 0.255 e. The Bertz CT molecular complexity index is 447. The van der Waals surface area contributed by atoms with Crippen LogP contribution >= 0.6 is 11.6 Å². The maximum absolute atomic E-state index is 12.0. The molecular weight excluding hydrogens is 264 g/mol. The average molecular weight is 283 g/mol. The first-order chi connectivity index (χ1) is 9.20. The lowest BCUT2D eigenvalue weighted by molar-refractivity contribution is 0.0950. The molecule has 0 aromatic heterocycles. The molecule has 1 aliphatic rings. The number of hydrogen-bond acceptors (Lipinski definition) is 3. The molecule has 0 unspecified atom stereocenters. The van der Waals surface area contributed by atoms with Gasteiger partial charge >= 0.3 is 0 Å². The zero-order chi connectivity index (χ0) is 13.7. The molecule has 0 atom stereocenters. The van der Waals surface area contributed by atoms with Gasteiger partial charge in [-0.2, -0.15) is 0 Å². The molecule has 0 aliphatic heterocycles. The zero-order valence-corrected chi connectivity index (χ0v) is 11.8. The van der Waals surface area contributed by atoms with Gasteiger partial charge in [-0.3, -0.25) is 4.79 Å². The number of hydrogen-bond donors (Lipinski definition) is 2. The Morgan fingerprint density at radius 1 is 1.42 bits per heavy atom. The van der Waals surface area contributed by atoms with Crippen LogP contribution in [0.4, 0.5) is 0 Å². The molecule has 1 fully saturated rings. The standard InChI is InChI=1S/C14H19ClN2O2/c1-19-13-6-3-10(15)9-12(13)14(18)17-8-2-7-16-11-4-5-11/h3,6,9,11,16H,2,4-5,7-8H2,1H3,(H,17,18). The molecule has 1 saturated carbocycles. The summed E-state index contributed by atoms with van der Waals surface area (Å²) in [6.07, 6.45) is 3.49. The van der Waals surface area contributed by atoms with Crippen LogP contribution < -0.4 is 15.4 Å².